The summed E-state index contributed by atoms with van der Waals surface area (Å²) in [5, 5.41) is 10.1. The molecule has 174 valence electrons. The van der Waals surface area contributed by atoms with E-state index in [2.05, 4.69) is 21.2 Å². The molecule has 0 saturated heterocycles. The van der Waals surface area contributed by atoms with Crippen LogP contribution in [-0.2, 0) is 25.6 Å². The fourth-order valence-electron chi connectivity index (χ4n) is 2.60. The van der Waals surface area contributed by atoms with Gasteiger partial charge in [-0.2, -0.15) is 0 Å². The summed E-state index contributed by atoms with van der Waals surface area (Å²) in [6.07, 6.45) is 5.45. The molecule has 7 N–H and O–H groups in total. The summed E-state index contributed by atoms with van der Waals surface area (Å²) in [6.45, 7) is 5.02. The van der Waals surface area contributed by atoms with Gasteiger partial charge in [0, 0.05) is 12.2 Å². The maximum Gasteiger partial charge on any atom is 0.244 e. The van der Waals surface area contributed by atoms with Gasteiger partial charge in [-0.05, 0) is 23.7 Å². The van der Waals surface area contributed by atoms with Crippen LogP contribution in [0.3, 0.4) is 0 Å². The number of carbonyl (C=O) groups excluding carboxylic acids is 4. The molecule has 0 aliphatic rings. The van der Waals surface area contributed by atoms with Crippen LogP contribution < -0.4 is 27.4 Å². The smallest absolute Gasteiger partial charge is 0.244 e. The van der Waals surface area contributed by atoms with Crippen molar-refractivity contribution in [3.63, 3.8) is 0 Å². The largest absolute Gasteiger partial charge is 0.368 e. The van der Waals surface area contributed by atoms with Gasteiger partial charge in [0.1, 0.15) is 18.1 Å². The number of hydrogen-bond donors (Lipinski definition) is 5. The molecule has 0 spiro atoms. The first-order valence-corrected chi connectivity index (χ1v) is 11.1. The minimum absolute atomic E-state index is 0.0935. The van der Waals surface area contributed by atoms with Gasteiger partial charge in [-0.15, -0.1) is 6.42 Å². The van der Waals surface area contributed by atoms with Gasteiger partial charge in [-0.3, -0.25) is 19.2 Å². The van der Waals surface area contributed by atoms with Crippen LogP contribution in [0.1, 0.15) is 26.3 Å². The number of nitrogens with one attached hydrogen (secondary N) is 3. The van der Waals surface area contributed by atoms with Crippen LogP contribution in [0, 0.1) is 17.6 Å². The molecular weight excluding hydrogens is 430 g/mol. The van der Waals surface area contributed by atoms with Crippen LogP contribution in [0.2, 0.25) is 0 Å². The predicted octanol–water partition coefficient (Wildman–Crippen LogP) is -0.504. The maximum absolute atomic E-state index is 13.0. The molecule has 4 amide bonds. The summed E-state index contributed by atoms with van der Waals surface area (Å²) < 4.78 is 0. The second kappa shape index (κ2) is 13.4. The highest BCUT2D eigenvalue weighted by Gasteiger charge is 2.29. The second-order valence-corrected chi connectivity index (χ2v) is 8.50. The van der Waals surface area contributed by atoms with E-state index in [-0.39, 0.29) is 18.1 Å². The number of rotatable bonds is 12. The number of thioether (sulfide) groups is 1. The summed E-state index contributed by atoms with van der Waals surface area (Å²) in [5.74, 6) is -2.42. The molecule has 9 nitrogen and oxygen atoms in total. The minimum atomic E-state index is -1.01. The number of hydrogen-bond acceptors (Lipinski definition) is 6. The molecule has 0 aliphatic carbocycles. The fraction of sp³-hybridized carbons (Fsp3) is 0.455. The fourth-order valence-corrected chi connectivity index (χ4v) is 3.10. The Kier molecular flexibility index (Phi) is 11.3. The third-order valence-electron chi connectivity index (χ3n) is 4.69. The van der Waals surface area contributed by atoms with E-state index < -0.39 is 47.8 Å². The van der Waals surface area contributed by atoms with Crippen LogP contribution in [0.15, 0.2) is 30.3 Å². The lowest BCUT2D eigenvalue weighted by molar-refractivity contribution is -0.133. The van der Waals surface area contributed by atoms with Gasteiger partial charge in [0.2, 0.25) is 23.6 Å². The highest BCUT2D eigenvalue weighted by molar-refractivity contribution is 8.03. The van der Waals surface area contributed by atoms with Crippen molar-refractivity contribution in [3.05, 3.63) is 35.9 Å². The maximum atomic E-state index is 13.0. The molecule has 10 heteroatoms. The first-order valence-electron chi connectivity index (χ1n) is 10.1. The van der Waals surface area contributed by atoms with Gasteiger partial charge in [0.15, 0.2) is 0 Å². The molecule has 0 aliphatic heterocycles. The van der Waals surface area contributed by atoms with Crippen LogP contribution in [0.4, 0.5) is 0 Å². The lowest BCUT2D eigenvalue weighted by atomic mass is 10.0. The Balaban J connectivity index is 3.04. The molecule has 32 heavy (non-hydrogen) atoms. The molecule has 0 bridgehead atoms. The Labute approximate surface area is 192 Å². The van der Waals surface area contributed by atoms with Gasteiger partial charge < -0.3 is 27.4 Å². The van der Waals surface area contributed by atoms with Gasteiger partial charge in [0.25, 0.3) is 0 Å². The quantitative estimate of drug-likeness (QED) is 0.264. The molecule has 0 fully saturated rings. The number of terminal acetylenes is 1. The van der Waals surface area contributed by atoms with Crippen molar-refractivity contribution in [2.24, 2.45) is 17.4 Å². The van der Waals surface area contributed by atoms with Crippen LogP contribution >= 0.6 is 11.8 Å². The molecule has 0 aromatic heterocycles. The molecular formula is C22H31N5O4S. The Morgan fingerprint density at radius 3 is 2.06 bits per heavy atom. The minimum Gasteiger partial charge on any atom is -0.368 e. The summed E-state index contributed by atoms with van der Waals surface area (Å²) >= 11 is 1.01. The first-order chi connectivity index (χ1) is 15.1. The molecule has 0 saturated carbocycles. The Morgan fingerprint density at radius 2 is 1.53 bits per heavy atom. The Hall–Kier alpha value is -3.03. The molecule has 0 heterocycles. The monoisotopic (exact) mass is 461 g/mol. The van der Waals surface area contributed by atoms with E-state index in [4.69, 9.17) is 17.9 Å². The van der Waals surface area contributed by atoms with Crippen LogP contribution in [0.25, 0.3) is 0 Å². The van der Waals surface area contributed by atoms with E-state index in [0.717, 1.165) is 17.3 Å². The SMILES string of the molecule is C#CSC[C@H](NC(=O)[C@@H](N)C(C)C)C(=O)N[C@@H](Cc1ccccc1)C(=O)N[C@@H](C)C(N)=O. The molecule has 1 rings (SSSR count). The second-order valence-electron chi connectivity index (χ2n) is 7.64. The van der Waals surface area contributed by atoms with Crippen molar-refractivity contribution < 1.29 is 19.2 Å². The average molecular weight is 462 g/mol. The highest BCUT2D eigenvalue weighted by atomic mass is 32.2. The molecule has 0 unspecified atom stereocenters. The van der Waals surface area contributed by atoms with Gasteiger partial charge in [-0.25, -0.2) is 0 Å². The number of primary amides is 1. The molecule has 0 radical (unpaired) electrons. The van der Waals surface area contributed by atoms with Crippen molar-refractivity contribution in [1.29, 1.82) is 0 Å². The normalized spacial score (nSPS) is 14.4. The van der Waals surface area contributed by atoms with Crippen molar-refractivity contribution >= 4 is 35.4 Å². The van der Waals surface area contributed by atoms with Crippen LogP contribution in [0.5, 0.6) is 0 Å². The molecule has 1 aromatic rings. The van der Waals surface area contributed by atoms with E-state index in [9.17, 15) is 19.2 Å². The standard InChI is InChI=1S/C22H31N5O4S/c1-5-32-12-17(27-22(31)18(23)13(2)3)21(30)26-16(11-15-9-7-6-8-10-15)20(29)25-14(4)19(24)28/h1,6-10,13-14,16-18H,11-12,23H2,2-4H3,(H2,24,28)(H,25,29)(H,26,30)(H,27,31)/t14-,16-,17-,18-/m0/s1. The van der Waals surface area contributed by atoms with Crippen LogP contribution in [-0.4, -0.2) is 53.5 Å². The topological polar surface area (TPSA) is 156 Å². The number of nitrogens with two attached hydrogens (primary N) is 2. The van der Waals surface area contributed by atoms with E-state index in [1.54, 1.807) is 38.1 Å². The third-order valence-corrected chi connectivity index (χ3v) is 5.36. The summed E-state index contributed by atoms with van der Waals surface area (Å²) in [7, 11) is 0. The van der Waals surface area contributed by atoms with Gasteiger partial charge in [-0.1, -0.05) is 55.9 Å². The molecule has 1 aromatic carbocycles. The summed E-state index contributed by atoms with van der Waals surface area (Å²) in [6, 6.07) is 5.30. The first kappa shape index (κ1) is 27.0. The predicted molar refractivity (Wildman–Crippen MR) is 125 cm³/mol. The summed E-state index contributed by atoms with van der Waals surface area (Å²) in [5.41, 5.74) is 11.9. The zero-order chi connectivity index (χ0) is 24.3. The van der Waals surface area contributed by atoms with Crippen molar-refractivity contribution in [1.82, 2.24) is 16.0 Å². The lowest BCUT2D eigenvalue weighted by Gasteiger charge is -2.25. The van der Waals surface area contributed by atoms with Gasteiger partial charge >= 0.3 is 0 Å². The third kappa shape index (κ3) is 8.99. The number of carbonyl (C=O) groups is 4. The van der Waals surface area contributed by atoms with Gasteiger partial charge in [0.05, 0.1) is 6.04 Å². The van der Waals surface area contributed by atoms with Crippen molar-refractivity contribution in [2.45, 2.75) is 51.4 Å². The molecule has 4 atom stereocenters. The Bertz CT molecular complexity index is 840. The lowest BCUT2D eigenvalue weighted by Crippen LogP contribution is -2.58. The zero-order valence-corrected chi connectivity index (χ0v) is 19.3. The van der Waals surface area contributed by atoms with E-state index in [1.165, 1.54) is 6.92 Å². The van der Waals surface area contributed by atoms with E-state index in [1.807, 2.05) is 6.07 Å². The average Bonchev–Trinajstić information content (AvgIpc) is 2.75. The number of benzene rings is 1. The zero-order valence-electron chi connectivity index (χ0n) is 18.5. The van der Waals surface area contributed by atoms with E-state index in [0.29, 0.717) is 0 Å². The summed E-state index contributed by atoms with van der Waals surface area (Å²) in [4.78, 5) is 49.5. The Morgan fingerprint density at radius 1 is 0.969 bits per heavy atom. The number of amides is 4. The van der Waals surface area contributed by atoms with E-state index >= 15 is 0 Å². The van der Waals surface area contributed by atoms with Crippen molar-refractivity contribution in [2.75, 3.05) is 5.75 Å². The van der Waals surface area contributed by atoms with Crippen molar-refractivity contribution in [3.8, 4) is 11.7 Å². The highest BCUT2D eigenvalue weighted by Crippen LogP contribution is 2.07.